The molecule has 2 aromatic carbocycles. The fraction of sp³-hybridized carbons (Fsp3) is 0.407. The van der Waals surface area contributed by atoms with Gasteiger partial charge in [-0.05, 0) is 53.8 Å². The lowest BCUT2D eigenvalue weighted by Crippen LogP contribution is -2.53. The molecule has 178 valence electrons. The molecule has 0 unspecified atom stereocenters. The predicted octanol–water partition coefficient (Wildman–Crippen LogP) is 3.71. The van der Waals surface area contributed by atoms with E-state index in [9.17, 15) is 9.59 Å². The Balaban J connectivity index is 1.26. The molecule has 1 fully saturated rings. The molecule has 34 heavy (non-hydrogen) atoms. The number of amides is 1. The number of ether oxygens (including phenoxy) is 2. The van der Waals surface area contributed by atoms with Gasteiger partial charge in [-0.3, -0.25) is 9.69 Å². The Morgan fingerprint density at radius 1 is 1.06 bits per heavy atom. The number of piperazine rings is 1. The number of nitrogens with zero attached hydrogens (tertiary/aromatic N) is 2. The monoisotopic (exact) mass is 462 g/mol. The van der Waals surface area contributed by atoms with Crippen LogP contribution in [0.3, 0.4) is 0 Å². The van der Waals surface area contributed by atoms with Gasteiger partial charge in [0.15, 0.2) is 11.5 Å². The highest BCUT2D eigenvalue weighted by Crippen LogP contribution is 2.31. The van der Waals surface area contributed by atoms with Crippen molar-refractivity contribution >= 4 is 16.9 Å². The van der Waals surface area contributed by atoms with Crippen LogP contribution in [-0.4, -0.2) is 54.6 Å². The highest BCUT2D eigenvalue weighted by Gasteiger charge is 2.32. The Morgan fingerprint density at radius 2 is 1.79 bits per heavy atom. The largest absolute Gasteiger partial charge is 0.485 e. The first-order valence-corrected chi connectivity index (χ1v) is 11.9. The van der Waals surface area contributed by atoms with E-state index in [0.717, 1.165) is 29.6 Å². The van der Waals surface area contributed by atoms with Crippen molar-refractivity contribution in [2.24, 2.45) is 0 Å². The second-order valence-electron chi connectivity index (χ2n) is 9.42. The van der Waals surface area contributed by atoms with Crippen LogP contribution in [0.4, 0.5) is 0 Å². The van der Waals surface area contributed by atoms with Gasteiger partial charge < -0.3 is 18.8 Å². The predicted molar refractivity (Wildman–Crippen MR) is 130 cm³/mol. The van der Waals surface area contributed by atoms with Crippen LogP contribution in [0.25, 0.3) is 11.0 Å². The van der Waals surface area contributed by atoms with Crippen LogP contribution in [0, 0.1) is 6.92 Å². The van der Waals surface area contributed by atoms with Crippen LogP contribution >= 0.6 is 0 Å². The highest BCUT2D eigenvalue weighted by atomic mass is 16.6. The van der Waals surface area contributed by atoms with Crippen molar-refractivity contribution in [3.05, 3.63) is 69.6 Å². The van der Waals surface area contributed by atoms with Crippen LogP contribution in [0.2, 0.25) is 0 Å². The van der Waals surface area contributed by atoms with Gasteiger partial charge in [0, 0.05) is 44.2 Å². The zero-order valence-corrected chi connectivity index (χ0v) is 19.9. The average Bonchev–Trinajstić information content (AvgIpc) is 2.83. The molecule has 2 aliphatic heterocycles. The Bertz CT molecular complexity index is 1270. The first-order chi connectivity index (χ1) is 16.4. The lowest BCUT2D eigenvalue weighted by atomic mass is 9.95. The van der Waals surface area contributed by atoms with Crippen LogP contribution in [0.15, 0.2) is 51.7 Å². The van der Waals surface area contributed by atoms with Gasteiger partial charge in [0.2, 0.25) is 6.10 Å². The quantitative estimate of drug-likeness (QED) is 0.551. The van der Waals surface area contributed by atoms with E-state index >= 15 is 0 Å². The number of carbonyl (C=O) groups is 1. The summed E-state index contributed by atoms with van der Waals surface area (Å²) in [6.07, 6.45) is -0.623. The SMILES string of the molecule is Cc1cc2oc(=O)cc(CN3CCN(C(=O)[C@@H]4COc5ccccc5O4)CC3)c2cc1C(C)C. The average molecular weight is 463 g/mol. The molecule has 2 aliphatic rings. The molecular formula is C27H30N2O5. The second-order valence-corrected chi connectivity index (χ2v) is 9.42. The van der Waals surface area contributed by atoms with Gasteiger partial charge in [0.1, 0.15) is 12.2 Å². The first kappa shape index (κ1) is 22.5. The molecule has 0 N–H and O–H groups in total. The fourth-order valence-electron chi connectivity index (χ4n) is 4.86. The summed E-state index contributed by atoms with van der Waals surface area (Å²) >= 11 is 0. The van der Waals surface area contributed by atoms with Gasteiger partial charge in [-0.25, -0.2) is 4.79 Å². The molecular weight excluding hydrogens is 432 g/mol. The Morgan fingerprint density at radius 3 is 2.53 bits per heavy atom. The Labute approximate surface area is 198 Å². The first-order valence-electron chi connectivity index (χ1n) is 11.9. The summed E-state index contributed by atoms with van der Waals surface area (Å²) in [5.74, 6) is 1.62. The van der Waals surface area contributed by atoms with E-state index in [-0.39, 0.29) is 18.1 Å². The van der Waals surface area contributed by atoms with E-state index in [2.05, 4.69) is 31.7 Å². The van der Waals surface area contributed by atoms with Crippen LogP contribution < -0.4 is 15.1 Å². The van der Waals surface area contributed by atoms with Gasteiger partial charge in [-0.2, -0.15) is 0 Å². The number of hydrogen-bond donors (Lipinski definition) is 0. The summed E-state index contributed by atoms with van der Waals surface area (Å²) in [6, 6.07) is 13.1. The molecule has 3 heterocycles. The van der Waals surface area contributed by atoms with Crippen LogP contribution in [0.1, 0.15) is 36.5 Å². The second kappa shape index (κ2) is 9.14. The van der Waals surface area contributed by atoms with E-state index in [1.54, 1.807) is 6.07 Å². The molecule has 1 saturated heterocycles. The fourth-order valence-corrected chi connectivity index (χ4v) is 4.86. The molecule has 5 rings (SSSR count). The molecule has 1 aromatic heterocycles. The van der Waals surface area contributed by atoms with Gasteiger partial charge in [0.05, 0.1) is 0 Å². The molecule has 0 spiro atoms. The standard InChI is InChI=1S/C27H30N2O5/c1-17(2)20-14-21-19(13-26(30)34-24(21)12-18(20)3)15-28-8-10-29(11-9-28)27(31)25-16-32-22-6-4-5-7-23(22)33-25/h4-7,12-14,17,25H,8-11,15-16H2,1-3H3/t25-/m0/s1. The lowest BCUT2D eigenvalue weighted by Gasteiger charge is -2.37. The summed E-state index contributed by atoms with van der Waals surface area (Å²) in [7, 11) is 0. The van der Waals surface area contributed by atoms with Crippen molar-refractivity contribution in [3.63, 3.8) is 0 Å². The molecule has 7 nitrogen and oxygen atoms in total. The number of fused-ring (bicyclic) bond motifs is 2. The molecule has 7 heteroatoms. The van der Waals surface area contributed by atoms with E-state index in [0.29, 0.717) is 42.6 Å². The number of benzene rings is 2. The maximum atomic E-state index is 13.0. The maximum Gasteiger partial charge on any atom is 0.336 e. The minimum atomic E-state index is -0.623. The maximum absolute atomic E-state index is 13.0. The van der Waals surface area contributed by atoms with E-state index in [1.807, 2.05) is 35.2 Å². The molecule has 0 aliphatic carbocycles. The summed E-state index contributed by atoms with van der Waals surface area (Å²) < 4.78 is 17.1. The molecule has 0 saturated carbocycles. The summed E-state index contributed by atoms with van der Waals surface area (Å²) in [5.41, 5.74) is 3.66. The number of carbonyl (C=O) groups excluding carboxylic acids is 1. The normalized spacial score (nSPS) is 18.5. The third-order valence-electron chi connectivity index (χ3n) is 6.70. The van der Waals surface area contributed by atoms with Crippen molar-refractivity contribution in [2.45, 2.75) is 39.3 Å². The van der Waals surface area contributed by atoms with E-state index in [1.165, 1.54) is 5.56 Å². The summed E-state index contributed by atoms with van der Waals surface area (Å²) in [4.78, 5) is 29.4. The third kappa shape index (κ3) is 4.40. The zero-order valence-electron chi connectivity index (χ0n) is 19.9. The molecule has 3 aromatic rings. The smallest absolute Gasteiger partial charge is 0.336 e. The van der Waals surface area contributed by atoms with Crippen LogP contribution in [-0.2, 0) is 11.3 Å². The molecule has 0 bridgehead atoms. The zero-order chi connectivity index (χ0) is 23.8. The third-order valence-corrected chi connectivity index (χ3v) is 6.70. The van der Waals surface area contributed by atoms with Gasteiger partial charge in [-0.1, -0.05) is 26.0 Å². The molecule has 1 atom stereocenters. The van der Waals surface area contributed by atoms with Crippen molar-refractivity contribution in [3.8, 4) is 11.5 Å². The van der Waals surface area contributed by atoms with Crippen molar-refractivity contribution < 1.29 is 18.7 Å². The number of rotatable bonds is 4. The summed E-state index contributed by atoms with van der Waals surface area (Å²) in [6.45, 7) is 9.91. The Kier molecular flexibility index (Phi) is 6.04. The van der Waals surface area contributed by atoms with Gasteiger partial charge in [0.25, 0.3) is 5.91 Å². The number of para-hydroxylation sites is 2. The van der Waals surface area contributed by atoms with E-state index < -0.39 is 6.10 Å². The van der Waals surface area contributed by atoms with Crippen molar-refractivity contribution in [1.29, 1.82) is 0 Å². The topological polar surface area (TPSA) is 72.2 Å². The van der Waals surface area contributed by atoms with Gasteiger partial charge in [-0.15, -0.1) is 0 Å². The minimum Gasteiger partial charge on any atom is -0.485 e. The van der Waals surface area contributed by atoms with E-state index in [4.69, 9.17) is 13.9 Å². The summed E-state index contributed by atoms with van der Waals surface area (Å²) in [5, 5.41) is 0.985. The number of hydrogen-bond acceptors (Lipinski definition) is 6. The van der Waals surface area contributed by atoms with Crippen molar-refractivity contribution in [2.75, 3.05) is 32.8 Å². The highest BCUT2D eigenvalue weighted by molar-refractivity contribution is 5.83. The molecule has 0 radical (unpaired) electrons. The van der Waals surface area contributed by atoms with Crippen molar-refractivity contribution in [1.82, 2.24) is 9.80 Å². The lowest BCUT2D eigenvalue weighted by molar-refractivity contribution is -0.143. The minimum absolute atomic E-state index is 0.0444. The van der Waals surface area contributed by atoms with Gasteiger partial charge >= 0.3 is 5.63 Å². The number of aryl methyl sites for hydroxylation is 1. The van der Waals surface area contributed by atoms with Crippen LogP contribution in [0.5, 0.6) is 11.5 Å². The molecule has 1 amide bonds. The Hall–Kier alpha value is -3.32.